The summed E-state index contributed by atoms with van der Waals surface area (Å²) < 4.78 is 29.7. The fraction of sp³-hybridized carbons (Fsp3) is 0.368. The van der Waals surface area contributed by atoms with Gasteiger partial charge in [0.1, 0.15) is 5.60 Å². The van der Waals surface area contributed by atoms with Crippen LogP contribution in [0.2, 0.25) is 5.04 Å². The van der Waals surface area contributed by atoms with Gasteiger partial charge in [0.05, 0.1) is 28.4 Å². The quantitative estimate of drug-likeness (QED) is 0.164. The Labute approximate surface area is 270 Å². The summed E-state index contributed by atoms with van der Waals surface area (Å²) in [6, 6.07) is 32.4. The van der Waals surface area contributed by atoms with Crippen LogP contribution in [0.4, 0.5) is 0 Å². The fourth-order valence-corrected chi connectivity index (χ4v) is 11.1. The van der Waals surface area contributed by atoms with Gasteiger partial charge in [0.2, 0.25) is 0 Å². The first kappa shape index (κ1) is 34.1. The molecule has 0 aliphatic carbocycles. The Morgan fingerprint density at radius 3 is 1.36 bits per heavy atom. The van der Waals surface area contributed by atoms with Crippen LogP contribution < -0.4 is 29.3 Å². The Balaban J connectivity index is 1.82. The number of benzene rings is 4. The van der Waals surface area contributed by atoms with E-state index in [1.54, 1.807) is 28.4 Å². The molecule has 4 aromatic carbocycles. The number of hydrogen-bond donors (Lipinski definition) is 1. The minimum Gasteiger partial charge on any atom is -0.493 e. The van der Waals surface area contributed by atoms with Gasteiger partial charge in [0.15, 0.2) is 23.0 Å². The normalized spacial score (nSPS) is 13.6. The third-order valence-electron chi connectivity index (χ3n) is 9.14. The van der Waals surface area contributed by atoms with E-state index in [2.05, 4.69) is 83.1 Å². The zero-order chi connectivity index (χ0) is 32.8. The molecule has 0 saturated carbocycles. The minimum absolute atomic E-state index is 0.0714. The SMILES string of the molecule is COc1ccc(C(O)(c2ccc(OC)c(OC)c2)[C@H](C)[C@@H](C)CO[Si](c2ccccc2)(c2ccccc2)C(C)(C)C)cc1OC. The molecule has 4 rings (SSSR count). The standard InChI is InChI=1S/C38H48O6Si/c1-27(26-44-45(37(3,4)5,31-16-12-10-13-17-31)32-18-14-11-15-19-32)28(2)38(39,29-20-22-33(40-6)35(24-29)42-8)30-21-23-34(41-7)36(25-30)43-9/h10-25,27-28,39H,26H2,1-9H3/t27-,28+/m0/s1. The monoisotopic (exact) mass is 628 g/mol. The molecule has 6 nitrogen and oxygen atoms in total. The first-order chi connectivity index (χ1) is 21.5. The van der Waals surface area contributed by atoms with Crippen molar-refractivity contribution in [2.24, 2.45) is 11.8 Å². The maximum absolute atomic E-state index is 12.9. The molecule has 45 heavy (non-hydrogen) atoms. The molecule has 0 bridgehead atoms. The van der Waals surface area contributed by atoms with Gasteiger partial charge in [-0.15, -0.1) is 0 Å². The predicted molar refractivity (Wildman–Crippen MR) is 184 cm³/mol. The van der Waals surface area contributed by atoms with Crippen molar-refractivity contribution in [2.75, 3.05) is 35.0 Å². The number of rotatable bonds is 13. The Hall–Kier alpha value is -3.78. The highest BCUT2D eigenvalue weighted by Gasteiger charge is 2.51. The fourth-order valence-electron chi connectivity index (χ4n) is 6.41. The third kappa shape index (κ3) is 6.48. The van der Waals surface area contributed by atoms with Gasteiger partial charge in [-0.25, -0.2) is 0 Å². The molecule has 240 valence electrons. The Morgan fingerprint density at radius 1 is 0.600 bits per heavy atom. The second-order valence-electron chi connectivity index (χ2n) is 12.6. The van der Waals surface area contributed by atoms with Gasteiger partial charge in [-0.05, 0) is 62.6 Å². The van der Waals surface area contributed by atoms with Crippen molar-refractivity contribution >= 4 is 18.7 Å². The average Bonchev–Trinajstić information content (AvgIpc) is 3.07. The van der Waals surface area contributed by atoms with Crippen molar-refractivity contribution in [3.63, 3.8) is 0 Å². The molecule has 0 amide bonds. The summed E-state index contributed by atoms with van der Waals surface area (Å²) in [6.45, 7) is 11.5. The van der Waals surface area contributed by atoms with Crippen LogP contribution in [0, 0.1) is 11.8 Å². The van der Waals surface area contributed by atoms with E-state index < -0.39 is 13.9 Å². The molecule has 0 aliphatic rings. The lowest BCUT2D eigenvalue weighted by Crippen LogP contribution is -2.67. The van der Waals surface area contributed by atoms with Crippen molar-refractivity contribution in [1.82, 2.24) is 0 Å². The molecule has 0 radical (unpaired) electrons. The van der Waals surface area contributed by atoms with Gasteiger partial charge in [-0.1, -0.05) is 107 Å². The van der Waals surface area contributed by atoms with Crippen molar-refractivity contribution in [2.45, 2.75) is 45.3 Å². The van der Waals surface area contributed by atoms with Crippen molar-refractivity contribution < 1.29 is 28.5 Å². The Bertz CT molecular complexity index is 1440. The zero-order valence-corrected chi connectivity index (χ0v) is 29.1. The van der Waals surface area contributed by atoms with E-state index in [1.165, 1.54) is 10.4 Å². The number of ether oxygens (including phenoxy) is 4. The molecule has 0 spiro atoms. The van der Waals surface area contributed by atoms with Crippen LogP contribution in [0.25, 0.3) is 0 Å². The third-order valence-corrected chi connectivity index (χ3v) is 14.1. The molecular formula is C38H48O6Si. The van der Waals surface area contributed by atoms with E-state index in [1.807, 2.05) is 48.5 Å². The molecule has 2 atom stereocenters. The van der Waals surface area contributed by atoms with Gasteiger partial charge in [-0.3, -0.25) is 0 Å². The average molecular weight is 629 g/mol. The lowest BCUT2D eigenvalue weighted by atomic mass is 9.72. The molecule has 4 aromatic rings. The van der Waals surface area contributed by atoms with Gasteiger partial charge in [0.25, 0.3) is 8.32 Å². The minimum atomic E-state index is -2.78. The van der Waals surface area contributed by atoms with Crippen molar-refractivity contribution in [3.8, 4) is 23.0 Å². The highest BCUT2D eigenvalue weighted by molar-refractivity contribution is 6.99. The zero-order valence-electron chi connectivity index (χ0n) is 28.1. The van der Waals surface area contributed by atoms with E-state index >= 15 is 0 Å². The van der Waals surface area contributed by atoms with E-state index in [-0.39, 0.29) is 16.9 Å². The second-order valence-corrected chi connectivity index (χ2v) is 17.0. The van der Waals surface area contributed by atoms with E-state index in [9.17, 15) is 5.11 Å². The molecule has 1 N–H and O–H groups in total. The number of hydrogen-bond acceptors (Lipinski definition) is 6. The smallest absolute Gasteiger partial charge is 0.261 e. The summed E-state index contributed by atoms with van der Waals surface area (Å²) in [5, 5.41) is 15.2. The highest BCUT2D eigenvalue weighted by Crippen LogP contribution is 2.46. The molecular weight excluding hydrogens is 580 g/mol. The maximum atomic E-state index is 12.9. The van der Waals surface area contributed by atoms with Crippen LogP contribution in [0.1, 0.15) is 45.7 Å². The van der Waals surface area contributed by atoms with Crippen molar-refractivity contribution in [1.29, 1.82) is 0 Å². The summed E-state index contributed by atoms with van der Waals surface area (Å²) in [7, 11) is 3.62. The largest absolute Gasteiger partial charge is 0.493 e. The van der Waals surface area contributed by atoms with E-state index in [4.69, 9.17) is 23.4 Å². The molecule has 0 unspecified atom stereocenters. The highest BCUT2D eigenvalue weighted by atomic mass is 28.4. The van der Waals surface area contributed by atoms with Gasteiger partial charge < -0.3 is 28.5 Å². The van der Waals surface area contributed by atoms with Crippen LogP contribution in [0.5, 0.6) is 23.0 Å². The number of methoxy groups -OCH3 is 4. The molecule has 0 saturated heterocycles. The summed E-state index contributed by atoms with van der Waals surface area (Å²) >= 11 is 0. The molecule has 7 heteroatoms. The topological polar surface area (TPSA) is 66.4 Å². The van der Waals surface area contributed by atoms with Gasteiger partial charge in [-0.2, -0.15) is 0 Å². The summed E-state index contributed by atoms with van der Waals surface area (Å²) in [4.78, 5) is 0. The molecule has 0 aromatic heterocycles. The van der Waals surface area contributed by atoms with Crippen LogP contribution in [0.15, 0.2) is 97.1 Å². The molecule has 0 heterocycles. The summed E-state index contributed by atoms with van der Waals surface area (Å²) in [5.74, 6) is 1.89. The van der Waals surface area contributed by atoms with Gasteiger partial charge >= 0.3 is 0 Å². The van der Waals surface area contributed by atoms with Crippen LogP contribution in [-0.2, 0) is 10.0 Å². The number of aliphatic hydroxyl groups is 1. The van der Waals surface area contributed by atoms with Crippen LogP contribution in [0.3, 0.4) is 0 Å². The van der Waals surface area contributed by atoms with Crippen molar-refractivity contribution in [3.05, 3.63) is 108 Å². The van der Waals surface area contributed by atoms with Crippen LogP contribution in [-0.4, -0.2) is 48.5 Å². The van der Waals surface area contributed by atoms with E-state index in [0.717, 1.165) is 0 Å². The first-order valence-electron chi connectivity index (χ1n) is 15.4. The summed E-state index contributed by atoms with van der Waals surface area (Å²) in [6.07, 6.45) is 0. The molecule has 0 fully saturated rings. The van der Waals surface area contributed by atoms with Gasteiger partial charge in [0, 0.05) is 6.61 Å². The first-order valence-corrected chi connectivity index (χ1v) is 17.3. The molecule has 0 aliphatic heterocycles. The predicted octanol–water partition coefficient (Wildman–Crippen LogP) is 6.81. The second kappa shape index (κ2) is 14.1. The lowest BCUT2D eigenvalue weighted by molar-refractivity contribution is -0.0102. The summed E-state index contributed by atoms with van der Waals surface area (Å²) in [5.41, 5.74) is -0.0813. The maximum Gasteiger partial charge on any atom is 0.261 e. The Kier molecular flexibility index (Phi) is 10.7. The van der Waals surface area contributed by atoms with E-state index in [0.29, 0.717) is 40.7 Å². The lowest BCUT2D eigenvalue weighted by Gasteiger charge is -2.45. The van der Waals surface area contributed by atoms with Crippen LogP contribution >= 0.6 is 0 Å². The Morgan fingerprint density at radius 2 is 1.00 bits per heavy atom.